The fourth-order valence-corrected chi connectivity index (χ4v) is 0.855. The van der Waals surface area contributed by atoms with Crippen LogP contribution in [-0.4, -0.2) is 31.0 Å². The van der Waals surface area contributed by atoms with Gasteiger partial charge >= 0.3 is 0 Å². The van der Waals surface area contributed by atoms with Crippen molar-refractivity contribution in [1.29, 1.82) is 0 Å². The molecule has 0 aliphatic carbocycles. The zero-order valence-electron chi connectivity index (χ0n) is 8.37. The Morgan fingerprint density at radius 1 is 1.42 bits per heavy atom. The number of halogens is 1. The third-order valence-corrected chi connectivity index (χ3v) is 1.64. The van der Waals surface area contributed by atoms with E-state index in [0.717, 1.165) is 18.7 Å². The molecule has 0 saturated heterocycles. The largest absolute Gasteiger partial charge is 0.387 e. The van der Waals surface area contributed by atoms with Crippen LogP contribution in [0.4, 0.5) is 0 Å². The van der Waals surface area contributed by atoms with Crippen LogP contribution in [0.2, 0.25) is 0 Å². The number of nitrogens with zero attached hydrogens (tertiary/aromatic N) is 2. The molecule has 0 aromatic rings. The standard InChI is InChI=1S/C8H19N3.ClH/c1-5-7(9)10-8(6-2)11(3)4;/h8H,5-6H2,1-4H3,(H2,9,10);1H. The van der Waals surface area contributed by atoms with E-state index in [-0.39, 0.29) is 18.6 Å². The summed E-state index contributed by atoms with van der Waals surface area (Å²) in [6.45, 7) is 4.12. The SMILES string of the molecule is CCC(N)=NC(CC)N(C)C.Cl. The molecular weight excluding hydrogens is 174 g/mol. The van der Waals surface area contributed by atoms with Gasteiger partial charge in [0.2, 0.25) is 0 Å². The average molecular weight is 194 g/mol. The summed E-state index contributed by atoms with van der Waals surface area (Å²) in [6, 6.07) is 0. The number of rotatable bonds is 4. The van der Waals surface area contributed by atoms with E-state index in [9.17, 15) is 0 Å². The summed E-state index contributed by atoms with van der Waals surface area (Å²) in [5.41, 5.74) is 5.61. The molecule has 0 heterocycles. The van der Waals surface area contributed by atoms with Crippen LogP contribution in [0.15, 0.2) is 4.99 Å². The monoisotopic (exact) mass is 193 g/mol. The predicted octanol–water partition coefficient (Wildman–Crippen LogP) is 1.47. The van der Waals surface area contributed by atoms with Gasteiger partial charge in [-0.05, 0) is 20.5 Å². The van der Waals surface area contributed by atoms with Gasteiger partial charge in [-0.15, -0.1) is 12.4 Å². The Bertz CT molecular complexity index is 134. The van der Waals surface area contributed by atoms with Crippen molar-refractivity contribution in [2.24, 2.45) is 10.7 Å². The lowest BCUT2D eigenvalue weighted by Crippen LogP contribution is -2.28. The molecule has 0 amide bonds. The van der Waals surface area contributed by atoms with Crippen LogP contribution in [0, 0.1) is 0 Å². The lowest BCUT2D eigenvalue weighted by molar-refractivity contribution is 0.295. The summed E-state index contributed by atoms with van der Waals surface area (Å²) in [7, 11) is 4.03. The van der Waals surface area contributed by atoms with Crippen molar-refractivity contribution in [3.8, 4) is 0 Å². The lowest BCUT2D eigenvalue weighted by Gasteiger charge is -2.18. The molecule has 0 radical (unpaired) electrons. The van der Waals surface area contributed by atoms with E-state index in [4.69, 9.17) is 5.73 Å². The fourth-order valence-electron chi connectivity index (χ4n) is 0.855. The van der Waals surface area contributed by atoms with Gasteiger partial charge in [0.15, 0.2) is 0 Å². The Balaban J connectivity index is 0. The minimum atomic E-state index is 0. The summed E-state index contributed by atoms with van der Waals surface area (Å²) in [5.74, 6) is 0.741. The normalized spacial score (nSPS) is 14.2. The number of nitrogens with two attached hydrogens (primary N) is 1. The molecule has 0 aliphatic heterocycles. The molecular formula is C8H20ClN3. The minimum absolute atomic E-state index is 0. The van der Waals surface area contributed by atoms with Gasteiger partial charge in [0.1, 0.15) is 6.17 Å². The Morgan fingerprint density at radius 2 is 1.92 bits per heavy atom. The third-order valence-electron chi connectivity index (χ3n) is 1.64. The van der Waals surface area contributed by atoms with Crippen molar-refractivity contribution in [3.63, 3.8) is 0 Å². The molecule has 0 aromatic heterocycles. The predicted molar refractivity (Wildman–Crippen MR) is 56.9 cm³/mol. The number of amidine groups is 1. The first kappa shape index (κ1) is 14.3. The van der Waals surface area contributed by atoms with E-state index in [2.05, 4.69) is 16.8 Å². The van der Waals surface area contributed by atoms with Crippen LogP contribution in [-0.2, 0) is 0 Å². The first-order valence-electron chi connectivity index (χ1n) is 4.10. The van der Waals surface area contributed by atoms with Crippen LogP contribution in [0.5, 0.6) is 0 Å². The molecule has 0 aromatic carbocycles. The van der Waals surface area contributed by atoms with E-state index in [1.54, 1.807) is 0 Å². The molecule has 1 atom stereocenters. The molecule has 0 fully saturated rings. The first-order valence-corrected chi connectivity index (χ1v) is 4.10. The molecule has 4 heteroatoms. The molecule has 0 spiro atoms. The van der Waals surface area contributed by atoms with Crippen molar-refractivity contribution in [3.05, 3.63) is 0 Å². The van der Waals surface area contributed by atoms with Gasteiger partial charge in [-0.3, -0.25) is 9.89 Å². The summed E-state index contributed by atoms with van der Waals surface area (Å²) in [6.07, 6.45) is 2.09. The quantitative estimate of drug-likeness (QED) is 0.543. The highest BCUT2D eigenvalue weighted by molar-refractivity contribution is 5.85. The van der Waals surface area contributed by atoms with Crippen molar-refractivity contribution in [1.82, 2.24) is 4.90 Å². The molecule has 0 rings (SSSR count). The van der Waals surface area contributed by atoms with E-state index in [0.29, 0.717) is 0 Å². The third kappa shape index (κ3) is 5.38. The van der Waals surface area contributed by atoms with Crippen molar-refractivity contribution < 1.29 is 0 Å². The summed E-state index contributed by atoms with van der Waals surface area (Å²) < 4.78 is 0. The van der Waals surface area contributed by atoms with Crippen LogP contribution >= 0.6 is 12.4 Å². The van der Waals surface area contributed by atoms with E-state index < -0.39 is 0 Å². The Hall–Kier alpha value is -0.280. The van der Waals surface area contributed by atoms with Crippen LogP contribution in [0.1, 0.15) is 26.7 Å². The topological polar surface area (TPSA) is 41.6 Å². The highest BCUT2D eigenvalue weighted by Gasteiger charge is 2.05. The Kier molecular flexibility index (Phi) is 8.76. The van der Waals surface area contributed by atoms with Crippen LogP contribution < -0.4 is 5.73 Å². The number of aliphatic imine (C=N–C) groups is 1. The zero-order valence-corrected chi connectivity index (χ0v) is 9.19. The highest BCUT2D eigenvalue weighted by Crippen LogP contribution is 2.00. The maximum Gasteiger partial charge on any atom is 0.103 e. The summed E-state index contributed by atoms with van der Waals surface area (Å²) in [5, 5.41) is 0. The summed E-state index contributed by atoms with van der Waals surface area (Å²) >= 11 is 0. The van der Waals surface area contributed by atoms with Gasteiger partial charge in [-0.1, -0.05) is 13.8 Å². The fraction of sp³-hybridized carbons (Fsp3) is 0.875. The van der Waals surface area contributed by atoms with E-state index in [1.807, 2.05) is 21.0 Å². The Labute approximate surface area is 81.4 Å². The second-order valence-electron chi connectivity index (χ2n) is 2.83. The van der Waals surface area contributed by atoms with Gasteiger partial charge in [0.25, 0.3) is 0 Å². The molecule has 0 saturated carbocycles. The molecule has 74 valence electrons. The molecule has 12 heavy (non-hydrogen) atoms. The van der Waals surface area contributed by atoms with Gasteiger partial charge < -0.3 is 5.73 Å². The molecule has 0 aliphatic rings. The van der Waals surface area contributed by atoms with Crippen LogP contribution in [0.25, 0.3) is 0 Å². The van der Waals surface area contributed by atoms with Crippen molar-refractivity contribution in [2.75, 3.05) is 14.1 Å². The van der Waals surface area contributed by atoms with Gasteiger partial charge in [0, 0.05) is 6.42 Å². The highest BCUT2D eigenvalue weighted by atomic mass is 35.5. The zero-order chi connectivity index (χ0) is 8.85. The maximum absolute atomic E-state index is 5.61. The van der Waals surface area contributed by atoms with Gasteiger partial charge in [0.05, 0.1) is 5.84 Å². The van der Waals surface area contributed by atoms with Gasteiger partial charge in [-0.25, -0.2) is 0 Å². The first-order chi connectivity index (χ1) is 5.11. The van der Waals surface area contributed by atoms with Crippen LogP contribution in [0.3, 0.4) is 0 Å². The molecule has 3 nitrogen and oxygen atoms in total. The minimum Gasteiger partial charge on any atom is -0.387 e. The second kappa shape index (κ2) is 7.37. The average Bonchev–Trinajstić information content (AvgIpc) is 1.99. The molecule has 0 bridgehead atoms. The Morgan fingerprint density at radius 3 is 2.17 bits per heavy atom. The number of hydrogen-bond donors (Lipinski definition) is 1. The summed E-state index contributed by atoms with van der Waals surface area (Å²) in [4.78, 5) is 6.41. The van der Waals surface area contributed by atoms with E-state index >= 15 is 0 Å². The smallest absolute Gasteiger partial charge is 0.103 e. The van der Waals surface area contributed by atoms with Crippen molar-refractivity contribution in [2.45, 2.75) is 32.9 Å². The van der Waals surface area contributed by atoms with Gasteiger partial charge in [-0.2, -0.15) is 0 Å². The lowest BCUT2D eigenvalue weighted by atomic mass is 10.3. The molecule has 1 unspecified atom stereocenters. The van der Waals surface area contributed by atoms with Crippen molar-refractivity contribution >= 4 is 18.2 Å². The second-order valence-corrected chi connectivity index (χ2v) is 2.83. The maximum atomic E-state index is 5.61. The number of hydrogen-bond acceptors (Lipinski definition) is 2. The van der Waals surface area contributed by atoms with E-state index in [1.165, 1.54) is 0 Å². The molecule has 2 N–H and O–H groups in total.